The summed E-state index contributed by atoms with van der Waals surface area (Å²) in [5.74, 6) is 0.310. The van der Waals surface area contributed by atoms with Crippen molar-refractivity contribution < 1.29 is 18.3 Å². The van der Waals surface area contributed by atoms with Gasteiger partial charge in [-0.25, -0.2) is 4.98 Å². The van der Waals surface area contributed by atoms with Crippen molar-refractivity contribution >= 4 is 13.2 Å². The van der Waals surface area contributed by atoms with E-state index < -0.39 is 7.60 Å². The lowest BCUT2D eigenvalue weighted by atomic mass is 10.6. The van der Waals surface area contributed by atoms with Gasteiger partial charge in [0.1, 0.15) is 0 Å². The van der Waals surface area contributed by atoms with Crippen molar-refractivity contribution in [3.8, 4) is 5.88 Å². The van der Waals surface area contributed by atoms with Crippen LogP contribution in [0.15, 0.2) is 12.3 Å². The number of aromatic nitrogens is 2. The summed E-state index contributed by atoms with van der Waals surface area (Å²) in [6, 6.07) is 1.54. The highest BCUT2D eigenvalue weighted by Crippen LogP contribution is 2.43. The molecule has 0 aliphatic carbocycles. The van der Waals surface area contributed by atoms with Crippen molar-refractivity contribution in [3.63, 3.8) is 0 Å². The Hall–Kier alpha value is -0.970. The summed E-state index contributed by atoms with van der Waals surface area (Å²) in [5.41, 5.74) is -0.0122. The molecule has 0 spiro atoms. The first-order valence-corrected chi connectivity index (χ1v) is 5.29. The molecule has 0 aliphatic rings. The van der Waals surface area contributed by atoms with Crippen LogP contribution in [0.1, 0.15) is 0 Å². The van der Waals surface area contributed by atoms with Crippen LogP contribution in [0, 0.1) is 0 Å². The lowest BCUT2D eigenvalue weighted by Gasteiger charge is -2.11. The van der Waals surface area contributed by atoms with E-state index in [2.05, 4.69) is 9.97 Å². The fourth-order valence-corrected chi connectivity index (χ4v) is 1.72. The molecule has 0 amide bonds. The SMILES string of the molecule is COc1ccnc(P(=O)(OC)OC)n1. The molecule has 6 nitrogen and oxygen atoms in total. The Morgan fingerprint density at radius 3 is 2.43 bits per heavy atom. The van der Waals surface area contributed by atoms with Gasteiger partial charge in [0.15, 0.2) is 0 Å². The minimum absolute atomic E-state index is 0.0122. The smallest absolute Gasteiger partial charge is 0.397 e. The molecule has 0 bridgehead atoms. The molecule has 1 heterocycles. The standard InChI is InChI=1S/C7H11N2O4P/c1-11-6-4-5-8-7(9-6)14(10,12-2)13-3/h4-5H,1-3H3. The molecule has 78 valence electrons. The Morgan fingerprint density at radius 2 is 1.93 bits per heavy atom. The fraction of sp³-hybridized carbons (Fsp3) is 0.429. The van der Waals surface area contributed by atoms with Crippen LogP contribution in [0.3, 0.4) is 0 Å². The Morgan fingerprint density at radius 1 is 1.29 bits per heavy atom. The summed E-state index contributed by atoms with van der Waals surface area (Å²) >= 11 is 0. The second-order valence-electron chi connectivity index (χ2n) is 2.26. The monoisotopic (exact) mass is 218 g/mol. The maximum atomic E-state index is 11.8. The highest BCUT2D eigenvalue weighted by atomic mass is 31.2. The highest BCUT2D eigenvalue weighted by Gasteiger charge is 2.28. The second-order valence-corrected chi connectivity index (χ2v) is 4.39. The van der Waals surface area contributed by atoms with E-state index in [-0.39, 0.29) is 5.57 Å². The van der Waals surface area contributed by atoms with Gasteiger partial charge in [-0.15, -0.1) is 0 Å². The van der Waals surface area contributed by atoms with Gasteiger partial charge in [0.2, 0.25) is 11.4 Å². The third-order valence-corrected chi connectivity index (χ3v) is 3.22. The van der Waals surface area contributed by atoms with Gasteiger partial charge >= 0.3 is 7.60 Å². The Labute approximate surface area is 81.8 Å². The molecular weight excluding hydrogens is 207 g/mol. The first kappa shape index (κ1) is 11.1. The zero-order chi connectivity index (χ0) is 10.6. The van der Waals surface area contributed by atoms with Crippen LogP contribution in [0.2, 0.25) is 0 Å². The molecule has 0 unspecified atom stereocenters. The van der Waals surface area contributed by atoms with E-state index in [1.165, 1.54) is 27.5 Å². The first-order valence-electron chi connectivity index (χ1n) is 3.75. The summed E-state index contributed by atoms with van der Waals surface area (Å²) in [6.45, 7) is 0. The number of ether oxygens (including phenoxy) is 1. The number of methoxy groups -OCH3 is 1. The van der Waals surface area contributed by atoms with Crippen LogP contribution in [-0.2, 0) is 13.6 Å². The molecule has 1 aromatic rings. The average molecular weight is 218 g/mol. The predicted molar refractivity (Wildman–Crippen MR) is 49.8 cm³/mol. The van der Waals surface area contributed by atoms with E-state index in [1.54, 1.807) is 6.07 Å². The van der Waals surface area contributed by atoms with E-state index in [1.807, 2.05) is 0 Å². The third-order valence-electron chi connectivity index (χ3n) is 1.55. The van der Waals surface area contributed by atoms with Crippen molar-refractivity contribution in [3.05, 3.63) is 12.3 Å². The average Bonchev–Trinajstić information content (AvgIpc) is 2.28. The van der Waals surface area contributed by atoms with Crippen molar-refractivity contribution in [1.29, 1.82) is 0 Å². The quantitative estimate of drug-likeness (QED) is 0.689. The molecule has 14 heavy (non-hydrogen) atoms. The molecule has 0 atom stereocenters. The van der Waals surface area contributed by atoms with Gasteiger partial charge in [-0.2, -0.15) is 4.98 Å². The van der Waals surface area contributed by atoms with Crippen LogP contribution in [-0.4, -0.2) is 31.3 Å². The van der Waals surface area contributed by atoms with Gasteiger partial charge < -0.3 is 13.8 Å². The topological polar surface area (TPSA) is 70.5 Å². The van der Waals surface area contributed by atoms with Gasteiger partial charge in [-0.3, -0.25) is 4.57 Å². The molecule has 7 heteroatoms. The Balaban J connectivity index is 3.11. The van der Waals surface area contributed by atoms with Gasteiger partial charge in [-0.1, -0.05) is 0 Å². The molecule has 0 radical (unpaired) electrons. The molecule has 0 N–H and O–H groups in total. The zero-order valence-corrected chi connectivity index (χ0v) is 9.02. The number of hydrogen-bond donors (Lipinski definition) is 0. The van der Waals surface area contributed by atoms with Gasteiger partial charge in [-0.05, 0) is 0 Å². The molecule has 0 saturated heterocycles. The lowest BCUT2D eigenvalue weighted by molar-refractivity contribution is 0.285. The van der Waals surface area contributed by atoms with E-state index in [0.717, 1.165) is 0 Å². The minimum atomic E-state index is -3.38. The molecule has 0 aromatic carbocycles. The van der Waals surface area contributed by atoms with Crippen molar-refractivity contribution in [2.45, 2.75) is 0 Å². The van der Waals surface area contributed by atoms with E-state index >= 15 is 0 Å². The van der Waals surface area contributed by atoms with Crippen LogP contribution in [0.25, 0.3) is 0 Å². The van der Waals surface area contributed by atoms with Gasteiger partial charge in [0.05, 0.1) is 7.11 Å². The van der Waals surface area contributed by atoms with Crippen molar-refractivity contribution in [2.24, 2.45) is 0 Å². The molecule has 0 fully saturated rings. The molecule has 1 rings (SSSR count). The normalized spacial score (nSPS) is 11.4. The molecule has 0 aliphatic heterocycles. The van der Waals surface area contributed by atoms with Gasteiger partial charge in [0, 0.05) is 26.5 Å². The number of rotatable bonds is 4. The minimum Gasteiger partial charge on any atom is -0.481 e. The zero-order valence-electron chi connectivity index (χ0n) is 8.13. The molecular formula is C7H11N2O4P. The summed E-state index contributed by atoms with van der Waals surface area (Å²) in [6.07, 6.45) is 1.42. The summed E-state index contributed by atoms with van der Waals surface area (Å²) in [4.78, 5) is 7.66. The summed E-state index contributed by atoms with van der Waals surface area (Å²) in [7, 11) is 0.621. The lowest BCUT2D eigenvalue weighted by Crippen LogP contribution is -2.16. The Bertz CT molecular complexity index is 349. The first-order chi connectivity index (χ1) is 6.66. The van der Waals surface area contributed by atoms with E-state index in [0.29, 0.717) is 5.88 Å². The van der Waals surface area contributed by atoms with Crippen LogP contribution < -0.4 is 10.3 Å². The highest BCUT2D eigenvalue weighted by molar-refractivity contribution is 7.61. The third kappa shape index (κ3) is 2.09. The summed E-state index contributed by atoms with van der Waals surface area (Å²) < 4.78 is 26.1. The van der Waals surface area contributed by atoms with Crippen LogP contribution >= 0.6 is 7.60 Å². The molecule has 0 saturated carbocycles. The maximum absolute atomic E-state index is 11.8. The van der Waals surface area contributed by atoms with Crippen LogP contribution in [0.4, 0.5) is 0 Å². The van der Waals surface area contributed by atoms with Crippen molar-refractivity contribution in [2.75, 3.05) is 21.3 Å². The largest absolute Gasteiger partial charge is 0.481 e. The number of nitrogens with zero attached hydrogens (tertiary/aromatic N) is 2. The van der Waals surface area contributed by atoms with E-state index in [4.69, 9.17) is 13.8 Å². The van der Waals surface area contributed by atoms with Crippen molar-refractivity contribution in [1.82, 2.24) is 9.97 Å². The fourth-order valence-electron chi connectivity index (χ4n) is 0.816. The van der Waals surface area contributed by atoms with Crippen LogP contribution in [0.5, 0.6) is 5.88 Å². The second kappa shape index (κ2) is 4.50. The predicted octanol–water partition coefficient (Wildman–Crippen LogP) is 0.596. The Kier molecular flexibility index (Phi) is 3.57. The molecule has 1 aromatic heterocycles. The summed E-state index contributed by atoms with van der Waals surface area (Å²) in [5, 5.41) is 0. The maximum Gasteiger partial charge on any atom is 0.397 e. The number of hydrogen-bond acceptors (Lipinski definition) is 6. The van der Waals surface area contributed by atoms with E-state index in [9.17, 15) is 4.57 Å². The van der Waals surface area contributed by atoms with Gasteiger partial charge in [0.25, 0.3) is 0 Å².